The number of hydrogen-bond donors (Lipinski definition) is 1. The number of nitrogens with one attached hydrogen (secondary N) is 1. The van der Waals surface area contributed by atoms with E-state index in [1.807, 2.05) is 27.7 Å². The van der Waals surface area contributed by atoms with Crippen LogP contribution in [0.15, 0.2) is 0 Å². The van der Waals surface area contributed by atoms with Crippen molar-refractivity contribution in [1.29, 1.82) is 0 Å². The van der Waals surface area contributed by atoms with E-state index in [1.165, 1.54) is 4.31 Å². The van der Waals surface area contributed by atoms with Gasteiger partial charge in [-0.05, 0) is 18.3 Å². The first kappa shape index (κ1) is 15.4. The van der Waals surface area contributed by atoms with Crippen LogP contribution in [0.25, 0.3) is 0 Å². The van der Waals surface area contributed by atoms with Gasteiger partial charge in [-0.2, -0.15) is 4.31 Å². The zero-order valence-electron chi connectivity index (χ0n) is 11.7. The minimum Gasteiger partial charge on any atom is -0.353 e. The van der Waals surface area contributed by atoms with Crippen molar-refractivity contribution in [2.75, 3.05) is 18.8 Å². The van der Waals surface area contributed by atoms with Crippen LogP contribution < -0.4 is 5.32 Å². The van der Waals surface area contributed by atoms with Gasteiger partial charge in [0, 0.05) is 13.1 Å². The second-order valence-electron chi connectivity index (χ2n) is 5.95. The molecule has 1 atom stereocenters. The molecular weight excluding hydrogens is 252 g/mol. The molecule has 0 bridgehead atoms. The fourth-order valence-corrected chi connectivity index (χ4v) is 4.07. The van der Waals surface area contributed by atoms with Crippen molar-refractivity contribution >= 4 is 15.9 Å². The molecule has 1 heterocycles. The summed E-state index contributed by atoms with van der Waals surface area (Å²) in [6.45, 7) is 8.68. The molecule has 6 heteroatoms. The molecule has 18 heavy (non-hydrogen) atoms. The molecule has 0 aromatic rings. The standard InChI is InChI=1S/C12H24N2O3S/c1-5-10-11(15)13-7-8-14(10)18(16,17)9-6-12(2,3)4/h10H,5-9H2,1-4H3,(H,13,15). The van der Waals surface area contributed by atoms with Crippen molar-refractivity contribution in [2.24, 2.45) is 5.41 Å². The topological polar surface area (TPSA) is 66.5 Å². The van der Waals surface area contributed by atoms with E-state index in [-0.39, 0.29) is 17.1 Å². The molecule has 1 aliphatic heterocycles. The summed E-state index contributed by atoms with van der Waals surface area (Å²) in [5.41, 5.74) is -0.0210. The average Bonchev–Trinajstić information content (AvgIpc) is 2.25. The molecule has 1 rings (SSSR count). The predicted molar refractivity (Wildman–Crippen MR) is 71.7 cm³/mol. The molecule has 0 aromatic carbocycles. The van der Waals surface area contributed by atoms with Gasteiger partial charge >= 0.3 is 0 Å². The first-order valence-electron chi connectivity index (χ1n) is 6.44. The van der Waals surface area contributed by atoms with Gasteiger partial charge in [0.2, 0.25) is 15.9 Å². The van der Waals surface area contributed by atoms with Crippen LogP contribution in [0.4, 0.5) is 0 Å². The summed E-state index contributed by atoms with van der Waals surface area (Å²) in [4.78, 5) is 11.7. The van der Waals surface area contributed by atoms with Crippen LogP contribution in [0.3, 0.4) is 0 Å². The summed E-state index contributed by atoms with van der Waals surface area (Å²) in [5.74, 6) is -0.0663. The van der Waals surface area contributed by atoms with E-state index >= 15 is 0 Å². The van der Waals surface area contributed by atoms with E-state index in [0.29, 0.717) is 25.9 Å². The molecular formula is C12H24N2O3S. The molecule has 1 aliphatic rings. The van der Waals surface area contributed by atoms with Gasteiger partial charge in [0.1, 0.15) is 6.04 Å². The third-order valence-electron chi connectivity index (χ3n) is 3.14. The summed E-state index contributed by atoms with van der Waals surface area (Å²) >= 11 is 0. The van der Waals surface area contributed by atoms with E-state index < -0.39 is 16.1 Å². The molecule has 1 unspecified atom stereocenters. The Morgan fingerprint density at radius 2 is 2.00 bits per heavy atom. The summed E-state index contributed by atoms with van der Waals surface area (Å²) in [7, 11) is -3.34. The Kier molecular flexibility index (Phi) is 4.78. The Bertz CT molecular complexity index is 398. The Balaban J connectivity index is 2.79. The molecule has 0 radical (unpaired) electrons. The minimum atomic E-state index is -3.34. The number of sulfonamides is 1. The first-order valence-corrected chi connectivity index (χ1v) is 8.05. The second kappa shape index (κ2) is 5.57. The third kappa shape index (κ3) is 3.95. The van der Waals surface area contributed by atoms with Gasteiger partial charge in [-0.15, -0.1) is 0 Å². The average molecular weight is 276 g/mol. The summed E-state index contributed by atoms with van der Waals surface area (Å²) in [6, 6.07) is -0.538. The highest BCUT2D eigenvalue weighted by molar-refractivity contribution is 7.89. The lowest BCUT2D eigenvalue weighted by molar-refractivity contribution is -0.126. The lowest BCUT2D eigenvalue weighted by atomic mass is 9.94. The van der Waals surface area contributed by atoms with E-state index in [0.717, 1.165) is 0 Å². The van der Waals surface area contributed by atoms with Crippen LogP contribution in [-0.4, -0.2) is 43.5 Å². The maximum absolute atomic E-state index is 12.3. The molecule has 0 aromatic heterocycles. The molecule has 1 saturated heterocycles. The smallest absolute Gasteiger partial charge is 0.238 e. The molecule has 1 N–H and O–H groups in total. The van der Waals surface area contributed by atoms with Gasteiger partial charge in [0.05, 0.1) is 5.75 Å². The molecule has 106 valence electrons. The van der Waals surface area contributed by atoms with E-state index in [1.54, 1.807) is 0 Å². The van der Waals surface area contributed by atoms with Crippen LogP contribution in [0.5, 0.6) is 0 Å². The molecule has 0 saturated carbocycles. The number of rotatable bonds is 4. The largest absolute Gasteiger partial charge is 0.353 e. The van der Waals surface area contributed by atoms with Gasteiger partial charge in [-0.25, -0.2) is 8.42 Å². The van der Waals surface area contributed by atoms with Gasteiger partial charge in [-0.3, -0.25) is 4.79 Å². The van der Waals surface area contributed by atoms with E-state index in [9.17, 15) is 13.2 Å². The zero-order chi connectivity index (χ0) is 14.0. The molecule has 1 amide bonds. The fourth-order valence-electron chi connectivity index (χ4n) is 1.97. The van der Waals surface area contributed by atoms with Crippen LogP contribution in [0, 0.1) is 5.41 Å². The lowest BCUT2D eigenvalue weighted by Gasteiger charge is -2.34. The fraction of sp³-hybridized carbons (Fsp3) is 0.917. The molecule has 0 spiro atoms. The normalized spacial score (nSPS) is 22.9. The summed E-state index contributed by atoms with van der Waals surface area (Å²) in [5, 5.41) is 2.71. The maximum Gasteiger partial charge on any atom is 0.238 e. The Labute approximate surface area is 110 Å². The Morgan fingerprint density at radius 3 is 2.50 bits per heavy atom. The highest BCUT2D eigenvalue weighted by Crippen LogP contribution is 2.22. The van der Waals surface area contributed by atoms with E-state index in [2.05, 4.69) is 5.32 Å². The van der Waals surface area contributed by atoms with Crippen molar-refractivity contribution in [3.05, 3.63) is 0 Å². The van der Waals surface area contributed by atoms with Crippen molar-refractivity contribution in [1.82, 2.24) is 9.62 Å². The van der Waals surface area contributed by atoms with Gasteiger partial charge in [-0.1, -0.05) is 27.7 Å². The SMILES string of the molecule is CCC1C(=O)NCCN1S(=O)(=O)CCC(C)(C)C. The first-order chi connectivity index (χ1) is 8.17. The highest BCUT2D eigenvalue weighted by atomic mass is 32.2. The van der Waals surface area contributed by atoms with Crippen molar-refractivity contribution in [3.8, 4) is 0 Å². The maximum atomic E-state index is 12.3. The predicted octanol–water partition coefficient (Wildman–Crippen LogP) is 0.963. The van der Waals surface area contributed by atoms with Crippen LogP contribution in [0.2, 0.25) is 0 Å². The van der Waals surface area contributed by atoms with Crippen molar-refractivity contribution in [3.63, 3.8) is 0 Å². The van der Waals surface area contributed by atoms with Gasteiger partial charge in [0.15, 0.2) is 0 Å². The monoisotopic (exact) mass is 276 g/mol. The third-order valence-corrected chi connectivity index (χ3v) is 5.01. The van der Waals surface area contributed by atoms with Crippen LogP contribution >= 0.6 is 0 Å². The number of hydrogen-bond acceptors (Lipinski definition) is 3. The number of piperazine rings is 1. The molecule has 0 aliphatic carbocycles. The van der Waals surface area contributed by atoms with Crippen molar-refractivity contribution < 1.29 is 13.2 Å². The minimum absolute atomic E-state index is 0.0210. The second-order valence-corrected chi connectivity index (χ2v) is 7.99. The number of carbonyl (C=O) groups excluding carboxylic acids is 1. The Morgan fingerprint density at radius 1 is 1.39 bits per heavy atom. The van der Waals surface area contributed by atoms with Gasteiger partial charge < -0.3 is 5.32 Å². The number of nitrogens with zero attached hydrogens (tertiary/aromatic N) is 1. The highest BCUT2D eigenvalue weighted by Gasteiger charge is 2.36. The number of amides is 1. The Hall–Kier alpha value is -0.620. The van der Waals surface area contributed by atoms with Crippen LogP contribution in [0.1, 0.15) is 40.5 Å². The lowest BCUT2D eigenvalue weighted by Crippen LogP contribution is -2.57. The molecule has 5 nitrogen and oxygen atoms in total. The van der Waals surface area contributed by atoms with Crippen molar-refractivity contribution in [2.45, 2.75) is 46.6 Å². The van der Waals surface area contributed by atoms with Crippen LogP contribution in [-0.2, 0) is 14.8 Å². The van der Waals surface area contributed by atoms with E-state index in [4.69, 9.17) is 0 Å². The summed E-state index contributed by atoms with van der Waals surface area (Å²) < 4.78 is 26.0. The zero-order valence-corrected chi connectivity index (χ0v) is 12.5. The summed E-state index contributed by atoms with van der Waals surface area (Å²) in [6.07, 6.45) is 1.12. The molecule has 1 fully saturated rings. The quantitative estimate of drug-likeness (QED) is 0.832. The van der Waals surface area contributed by atoms with Gasteiger partial charge in [0.25, 0.3) is 0 Å². The number of carbonyl (C=O) groups is 1.